The molecule has 1 fully saturated rings. The van der Waals surface area contributed by atoms with Crippen LogP contribution >= 0.6 is 22.6 Å². The van der Waals surface area contributed by atoms with Crippen molar-refractivity contribution in [2.24, 2.45) is 4.99 Å². The van der Waals surface area contributed by atoms with Crippen LogP contribution < -0.4 is 0 Å². The van der Waals surface area contributed by atoms with E-state index >= 15 is 0 Å². The first-order chi connectivity index (χ1) is 9.59. The van der Waals surface area contributed by atoms with Crippen molar-refractivity contribution in [2.75, 3.05) is 32.9 Å². The molecule has 1 aliphatic heterocycles. The van der Waals surface area contributed by atoms with Crippen LogP contribution in [0.3, 0.4) is 0 Å². The highest BCUT2D eigenvalue weighted by Gasteiger charge is 2.30. The molecule has 5 nitrogen and oxygen atoms in total. The maximum absolute atomic E-state index is 12.0. The molecule has 1 heterocycles. The van der Waals surface area contributed by atoms with Gasteiger partial charge in [-0.15, -0.1) is 0 Å². The summed E-state index contributed by atoms with van der Waals surface area (Å²) >= 11 is 2.12. The number of amidine groups is 1. The largest absolute Gasteiger partial charge is 0.448 e. The fourth-order valence-electron chi connectivity index (χ4n) is 1.73. The highest BCUT2D eigenvalue weighted by atomic mass is 127. The first kappa shape index (κ1) is 18.5. The maximum Gasteiger partial charge on any atom is 0.435 e. The molecule has 0 aromatic carbocycles. The van der Waals surface area contributed by atoms with Gasteiger partial charge in [0.25, 0.3) is 0 Å². The Morgan fingerprint density at radius 1 is 1.33 bits per heavy atom. The van der Waals surface area contributed by atoms with E-state index in [1.165, 1.54) is 0 Å². The Bertz CT molecular complexity index is 388. The number of carbonyl (C=O) groups is 1. The second-order valence-electron chi connectivity index (χ2n) is 4.99. The van der Waals surface area contributed by atoms with E-state index in [9.17, 15) is 18.0 Å². The lowest BCUT2D eigenvalue weighted by Crippen LogP contribution is -2.48. The lowest BCUT2D eigenvalue weighted by Gasteiger charge is -2.34. The third-order valence-electron chi connectivity index (χ3n) is 2.65. The Morgan fingerprint density at radius 2 is 1.90 bits per heavy atom. The molecule has 0 spiro atoms. The van der Waals surface area contributed by atoms with Gasteiger partial charge >= 0.3 is 12.3 Å². The quantitative estimate of drug-likeness (QED) is 0.304. The molecular weight excluding hydrogens is 404 g/mol. The molecule has 1 amide bonds. The fraction of sp³-hybridized carbons (Fsp3) is 0.833. The first-order valence-electron chi connectivity index (χ1n) is 6.44. The van der Waals surface area contributed by atoms with Crippen molar-refractivity contribution in [3.63, 3.8) is 0 Å². The molecule has 0 bridgehead atoms. The van der Waals surface area contributed by atoms with Crippen LogP contribution in [0.25, 0.3) is 0 Å². The van der Waals surface area contributed by atoms with Crippen molar-refractivity contribution in [3.8, 4) is 0 Å². The van der Waals surface area contributed by atoms with Crippen molar-refractivity contribution in [3.05, 3.63) is 0 Å². The van der Waals surface area contributed by atoms with Gasteiger partial charge in [0.1, 0.15) is 12.4 Å². The third kappa shape index (κ3) is 7.30. The van der Waals surface area contributed by atoms with Gasteiger partial charge in [0.05, 0.1) is 23.1 Å². The Morgan fingerprint density at radius 3 is 2.38 bits per heavy atom. The molecule has 21 heavy (non-hydrogen) atoms. The van der Waals surface area contributed by atoms with Crippen LogP contribution in [0.1, 0.15) is 20.3 Å². The zero-order valence-corrected chi connectivity index (χ0v) is 14.0. The summed E-state index contributed by atoms with van der Waals surface area (Å²) in [6, 6.07) is 0. The summed E-state index contributed by atoms with van der Waals surface area (Å²) in [5, 5.41) is 0. The summed E-state index contributed by atoms with van der Waals surface area (Å²) in [5.41, 5.74) is 0. The van der Waals surface area contributed by atoms with Crippen molar-refractivity contribution in [2.45, 2.75) is 29.9 Å². The van der Waals surface area contributed by atoms with Gasteiger partial charge in [-0.05, 0) is 13.8 Å². The first-order valence-corrected chi connectivity index (χ1v) is 7.52. The van der Waals surface area contributed by atoms with E-state index in [2.05, 4.69) is 32.3 Å². The Kier molecular flexibility index (Phi) is 6.70. The molecule has 0 N–H and O–H groups in total. The molecule has 1 rings (SSSR count). The van der Waals surface area contributed by atoms with Gasteiger partial charge in [0.2, 0.25) is 0 Å². The standard InChI is InChI=1S/C12H18F3IN2O3/c1-11(2,16)9(18-4-7-20-8-5-18)17-10(19)21-6-3-12(13,14)15/h3-8H2,1-2H3. The van der Waals surface area contributed by atoms with Gasteiger partial charge in [-0.2, -0.15) is 18.2 Å². The van der Waals surface area contributed by atoms with Gasteiger partial charge in [0.15, 0.2) is 0 Å². The highest BCUT2D eigenvalue weighted by Crippen LogP contribution is 2.23. The summed E-state index contributed by atoms with van der Waals surface area (Å²) in [4.78, 5) is 17.3. The highest BCUT2D eigenvalue weighted by molar-refractivity contribution is 14.1. The molecule has 122 valence electrons. The number of hydrogen-bond acceptors (Lipinski definition) is 3. The van der Waals surface area contributed by atoms with Crippen LogP contribution in [0.15, 0.2) is 4.99 Å². The number of morpholine rings is 1. The van der Waals surface area contributed by atoms with Crippen LogP contribution in [0, 0.1) is 0 Å². The van der Waals surface area contributed by atoms with E-state index in [0.29, 0.717) is 32.1 Å². The van der Waals surface area contributed by atoms with Gasteiger partial charge < -0.3 is 14.4 Å². The number of hydrogen-bond donors (Lipinski definition) is 0. The third-order valence-corrected chi connectivity index (χ3v) is 3.13. The van der Waals surface area contributed by atoms with Gasteiger partial charge in [-0.25, -0.2) is 4.79 Å². The molecule has 0 radical (unpaired) electrons. The number of aliphatic imine (C=N–C) groups is 1. The molecule has 0 unspecified atom stereocenters. The topological polar surface area (TPSA) is 51.1 Å². The summed E-state index contributed by atoms with van der Waals surface area (Å²) in [7, 11) is 0. The minimum Gasteiger partial charge on any atom is -0.448 e. The van der Waals surface area contributed by atoms with Crippen LogP contribution in [-0.2, 0) is 9.47 Å². The number of halogens is 4. The maximum atomic E-state index is 12.0. The fourth-order valence-corrected chi connectivity index (χ4v) is 2.19. The molecular formula is C12H18F3IN2O3. The monoisotopic (exact) mass is 422 g/mol. The van der Waals surface area contributed by atoms with Crippen LogP contribution in [-0.4, -0.2) is 59.3 Å². The zero-order chi connectivity index (χ0) is 16.1. The average molecular weight is 422 g/mol. The predicted octanol–water partition coefficient (Wildman–Crippen LogP) is 3.02. The molecule has 1 aliphatic rings. The zero-order valence-electron chi connectivity index (χ0n) is 11.9. The number of ether oxygens (including phenoxy) is 2. The Hall–Kier alpha value is -0.580. The van der Waals surface area contributed by atoms with Crippen molar-refractivity contribution < 1.29 is 27.4 Å². The van der Waals surface area contributed by atoms with Crippen LogP contribution in [0.5, 0.6) is 0 Å². The van der Waals surface area contributed by atoms with E-state index in [0.717, 1.165) is 0 Å². The van der Waals surface area contributed by atoms with Crippen molar-refractivity contribution in [1.29, 1.82) is 0 Å². The average Bonchev–Trinajstić information content (AvgIpc) is 2.34. The molecule has 0 aliphatic carbocycles. The van der Waals surface area contributed by atoms with Crippen molar-refractivity contribution >= 4 is 34.5 Å². The molecule has 0 atom stereocenters. The normalized spacial score (nSPS) is 17.8. The lowest BCUT2D eigenvalue weighted by atomic mass is 10.1. The second kappa shape index (κ2) is 7.61. The van der Waals surface area contributed by atoms with Gasteiger partial charge in [0, 0.05) is 13.1 Å². The number of carbonyl (C=O) groups excluding carboxylic acids is 1. The number of alkyl halides is 4. The molecule has 0 saturated carbocycles. The predicted molar refractivity (Wildman–Crippen MR) is 79.9 cm³/mol. The minimum atomic E-state index is -4.35. The van der Waals surface area contributed by atoms with E-state index < -0.39 is 28.7 Å². The van der Waals surface area contributed by atoms with Crippen LogP contribution in [0.4, 0.5) is 18.0 Å². The number of nitrogens with zero attached hydrogens (tertiary/aromatic N) is 2. The SMILES string of the molecule is CC(C)(I)C(=NC(=O)OCCC(F)(F)F)N1CCOCC1. The number of amides is 1. The van der Waals surface area contributed by atoms with E-state index in [1.54, 1.807) is 0 Å². The summed E-state index contributed by atoms with van der Waals surface area (Å²) in [5.74, 6) is 0.489. The second-order valence-corrected chi connectivity index (χ2v) is 7.68. The molecule has 1 saturated heterocycles. The minimum absolute atomic E-state index is 0.446. The molecule has 9 heteroatoms. The summed E-state index contributed by atoms with van der Waals surface area (Å²) in [6.07, 6.45) is -6.51. The molecule has 0 aromatic heterocycles. The number of rotatable bonds is 3. The van der Waals surface area contributed by atoms with E-state index in [-0.39, 0.29) is 0 Å². The smallest absolute Gasteiger partial charge is 0.435 e. The van der Waals surface area contributed by atoms with E-state index in [4.69, 9.17) is 4.74 Å². The molecule has 0 aromatic rings. The van der Waals surface area contributed by atoms with Crippen LogP contribution in [0.2, 0.25) is 0 Å². The van der Waals surface area contributed by atoms with Gasteiger partial charge in [-0.3, -0.25) is 0 Å². The Labute approximate surface area is 135 Å². The Balaban J connectivity index is 2.67. The van der Waals surface area contributed by atoms with Crippen molar-refractivity contribution in [1.82, 2.24) is 4.90 Å². The summed E-state index contributed by atoms with van der Waals surface area (Å²) < 4.78 is 45.3. The summed E-state index contributed by atoms with van der Waals surface area (Å²) in [6.45, 7) is 5.23. The van der Waals surface area contributed by atoms with E-state index in [1.807, 2.05) is 18.7 Å². The van der Waals surface area contributed by atoms with Gasteiger partial charge in [-0.1, -0.05) is 22.6 Å². The lowest BCUT2D eigenvalue weighted by molar-refractivity contribution is -0.141.